The van der Waals surface area contributed by atoms with Gasteiger partial charge in [-0.25, -0.2) is 0 Å². The summed E-state index contributed by atoms with van der Waals surface area (Å²) in [6.07, 6.45) is 4.40. The van der Waals surface area contributed by atoms with Gasteiger partial charge in [0.2, 0.25) is 11.8 Å². The van der Waals surface area contributed by atoms with Gasteiger partial charge in [-0.1, -0.05) is 30.3 Å². The van der Waals surface area contributed by atoms with Crippen molar-refractivity contribution in [1.29, 1.82) is 0 Å². The molecule has 1 aliphatic heterocycles. The molecule has 3 rings (SSSR count). The lowest BCUT2D eigenvalue weighted by Crippen LogP contribution is -2.32. The lowest BCUT2D eigenvalue weighted by Gasteiger charge is -2.21. The second-order valence-corrected chi connectivity index (χ2v) is 7.53. The van der Waals surface area contributed by atoms with Gasteiger partial charge in [0.25, 0.3) is 5.91 Å². The van der Waals surface area contributed by atoms with E-state index in [1.165, 1.54) is 0 Å². The molecule has 2 amide bonds. The third kappa shape index (κ3) is 6.05. The van der Waals surface area contributed by atoms with Gasteiger partial charge in [0.15, 0.2) is 12.4 Å². The standard InChI is InChI=1S/C22H30N4O4/c1-3-18(24-20(27)11-8-12-21-23-16(2)25-30-21)17-9-4-5-10-19(17)29-15-22(28)26-13-6-7-14-26/h4-5,9-10,18H,3,6-8,11-15H2,1-2H3,(H,24,27). The van der Waals surface area contributed by atoms with Crippen molar-refractivity contribution in [1.82, 2.24) is 20.4 Å². The topological polar surface area (TPSA) is 97.6 Å². The summed E-state index contributed by atoms with van der Waals surface area (Å²) >= 11 is 0. The van der Waals surface area contributed by atoms with Crippen LogP contribution in [0.15, 0.2) is 28.8 Å². The molecule has 2 heterocycles. The van der Waals surface area contributed by atoms with Crippen LogP contribution in [0.4, 0.5) is 0 Å². The zero-order valence-corrected chi connectivity index (χ0v) is 17.7. The van der Waals surface area contributed by atoms with Crippen molar-refractivity contribution in [3.63, 3.8) is 0 Å². The number of rotatable bonds is 10. The normalized spacial score (nSPS) is 14.5. The van der Waals surface area contributed by atoms with E-state index in [4.69, 9.17) is 9.26 Å². The van der Waals surface area contributed by atoms with Crippen molar-refractivity contribution in [2.24, 2.45) is 0 Å². The minimum Gasteiger partial charge on any atom is -0.483 e. The Balaban J connectivity index is 1.53. The molecule has 1 aliphatic rings. The number of aryl methyl sites for hydroxylation is 2. The summed E-state index contributed by atoms with van der Waals surface area (Å²) in [5.41, 5.74) is 0.884. The highest BCUT2D eigenvalue weighted by Gasteiger charge is 2.21. The smallest absolute Gasteiger partial charge is 0.260 e. The SMILES string of the molecule is CCC(NC(=O)CCCc1nc(C)no1)c1ccccc1OCC(=O)N1CCCC1. The molecule has 0 spiro atoms. The quantitative estimate of drug-likeness (QED) is 0.642. The van der Waals surface area contributed by atoms with E-state index in [2.05, 4.69) is 15.5 Å². The van der Waals surface area contributed by atoms with Crippen LogP contribution in [0.5, 0.6) is 5.75 Å². The number of nitrogens with one attached hydrogen (secondary N) is 1. The Hall–Kier alpha value is -2.90. The number of nitrogens with zero attached hydrogens (tertiary/aromatic N) is 3. The van der Waals surface area contributed by atoms with Crippen LogP contribution in [0, 0.1) is 6.92 Å². The molecule has 1 aromatic heterocycles. The molecule has 1 unspecified atom stereocenters. The predicted molar refractivity (Wildman–Crippen MR) is 111 cm³/mol. The number of carbonyl (C=O) groups is 2. The highest BCUT2D eigenvalue weighted by Crippen LogP contribution is 2.27. The summed E-state index contributed by atoms with van der Waals surface area (Å²) in [5, 5.41) is 6.83. The molecule has 8 nitrogen and oxygen atoms in total. The summed E-state index contributed by atoms with van der Waals surface area (Å²) in [6, 6.07) is 7.39. The third-order valence-corrected chi connectivity index (χ3v) is 5.21. The van der Waals surface area contributed by atoms with Crippen LogP contribution < -0.4 is 10.1 Å². The predicted octanol–water partition coefficient (Wildman–Crippen LogP) is 2.97. The Kier molecular flexibility index (Phi) is 7.82. The second-order valence-electron chi connectivity index (χ2n) is 7.53. The van der Waals surface area contributed by atoms with E-state index in [9.17, 15) is 9.59 Å². The van der Waals surface area contributed by atoms with Crippen LogP contribution in [0.2, 0.25) is 0 Å². The van der Waals surface area contributed by atoms with Crippen LogP contribution in [-0.2, 0) is 16.0 Å². The molecule has 2 aromatic rings. The summed E-state index contributed by atoms with van der Waals surface area (Å²) < 4.78 is 10.9. The number of aromatic nitrogens is 2. The Bertz CT molecular complexity index is 845. The van der Waals surface area contributed by atoms with Gasteiger partial charge in [0.1, 0.15) is 5.75 Å². The van der Waals surface area contributed by atoms with E-state index in [1.54, 1.807) is 6.92 Å². The van der Waals surface area contributed by atoms with Crippen molar-refractivity contribution >= 4 is 11.8 Å². The lowest BCUT2D eigenvalue weighted by atomic mass is 10.0. The van der Waals surface area contributed by atoms with E-state index in [-0.39, 0.29) is 24.5 Å². The highest BCUT2D eigenvalue weighted by atomic mass is 16.5. The average Bonchev–Trinajstić information content (AvgIpc) is 3.43. The van der Waals surface area contributed by atoms with Crippen molar-refractivity contribution in [2.45, 2.75) is 58.4 Å². The average molecular weight is 415 g/mol. The third-order valence-electron chi connectivity index (χ3n) is 5.21. The Morgan fingerprint density at radius 3 is 2.73 bits per heavy atom. The summed E-state index contributed by atoms with van der Waals surface area (Å²) in [5.74, 6) is 1.75. The van der Waals surface area contributed by atoms with Gasteiger partial charge in [-0.3, -0.25) is 9.59 Å². The van der Waals surface area contributed by atoms with Gasteiger partial charge < -0.3 is 19.5 Å². The molecule has 1 atom stereocenters. The zero-order valence-electron chi connectivity index (χ0n) is 17.7. The fourth-order valence-corrected chi connectivity index (χ4v) is 3.61. The first kappa shape index (κ1) is 21.8. The summed E-state index contributed by atoms with van der Waals surface area (Å²) in [6.45, 7) is 5.41. The van der Waals surface area contributed by atoms with Gasteiger partial charge in [-0.15, -0.1) is 0 Å². The molecule has 30 heavy (non-hydrogen) atoms. The molecule has 0 bridgehead atoms. The molecule has 0 radical (unpaired) electrons. The summed E-state index contributed by atoms with van der Waals surface area (Å²) in [4.78, 5) is 30.7. The molecule has 1 N–H and O–H groups in total. The number of ether oxygens (including phenoxy) is 1. The number of para-hydroxylation sites is 1. The maximum atomic E-state index is 12.5. The van der Waals surface area contributed by atoms with E-state index in [0.29, 0.717) is 36.7 Å². The van der Waals surface area contributed by atoms with E-state index in [0.717, 1.165) is 37.9 Å². The first-order valence-corrected chi connectivity index (χ1v) is 10.6. The number of benzene rings is 1. The highest BCUT2D eigenvalue weighted by molar-refractivity contribution is 5.78. The molecule has 162 valence electrons. The first-order valence-electron chi connectivity index (χ1n) is 10.6. The minimum absolute atomic E-state index is 0.00986. The number of likely N-dealkylation sites (tertiary alicyclic amines) is 1. The van der Waals surface area contributed by atoms with Crippen molar-refractivity contribution < 1.29 is 18.8 Å². The maximum Gasteiger partial charge on any atom is 0.260 e. The lowest BCUT2D eigenvalue weighted by molar-refractivity contribution is -0.132. The van der Waals surface area contributed by atoms with Gasteiger partial charge >= 0.3 is 0 Å². The number of carbonyl (C=O) groups excluding carboxylic acids is 2. The van der Waals surface area contributed by atoms with Gasteiger partial charge in [-0.05, 0) is 38.7 Å². The van der Waals surface area contributed by atoms with Crippen LogP contribution in [-0.4, -0.2) is 46.6 Å². The summed E-state index contributed by atoms with van der Waals surface area (Å²) in [7, 11) is 0. The molecule has 0 saturated carbocycles. The molecular formula is C22H30N4O4. The molecule has 1 aromatic carbocycles. The first-order chi connectivity index (χ1) is 14.6. The maximum absolute atomic E-state index is 12.5. The van der Waals surface area contributed by atoms with Gasteiger partial charge in [0, 0.05) is 31.5 Å². The second kappa shape index (κ2) is 10.8. The fourth-order valence-electron chi connectivity index (χ4n) is 3.61. The van der Waals surface area contributed by atoms with Crippen LogP contribution >= 0.6 is 0 Å². The van der Waals surface area contributed by atoms with Crippen molar-refractivity contribution in [3.05, 3.63) is 41.5 Å². The van der Waals surface area contributed by atoms with E-state index in [1.807, 2.05) is 36.1 Å². The van der Waals surface area contributed by atoms with Gasteiger partial charge in [0.05, 0.1) is 6.04 Å². The number of amides is 2. The zero-order chi connectivity index (χ0) is 21.3. The Morgan fingerprint density at radius 2 is 2.03 bits per heavy atom. The van der Waals surface area contributed by atoms with Gasteiger partial charge in [-0.2, -0.15) is 4.98 Å². The van der Waals surface area contributed by atoms with E-state index < -0.39 is 0 Å². The number of hydrogen-bond donors (Lipinski definition) is 1. The molecule has 8 heteroatoms. The number of hydrogen-bond acceptors (Lipinski definition) is 6. The van der Waals surface area contributed by atoms with E-state index >= 15 is 0 Å². The monoisotopic (exact) mass is 414 g/mol. The molecule has 1 saturated heterocycles. The molecule has 0 aliphatic carbocycles. The van der Waals surface area contributed by atoms with Crippen molar-refractivity contribution in [2.75, 3.05) is 19.7 Å². The largest absolute Gasteiger partial charge is 0.483 e. The van der Waals surface area contributed by atoms with Crippen LogP contribution in [0.25, 0.3) is 0 Å². The minimum atomic E-state index is -0.179. The fraction of sp³-hybridized carbons (Fsp3) is 0.545. The van der Waals surface area contributed by atoms with Crippen molar-refractivity contribution in [3.8, 4) is 5.75 Å². The Labute approximate surface area is 177 Å². The molecule has 1 fully saturated rings. The van der Waals surface area contributed by atoms with Crippen LogP contribution in [0.3, 0.4) is 0 Å². The molecular weight excluding hydrogens is 384 g/mol. The van der Waals surface area contributed by atoms with Crippen LogP contribution in [0.1, 0.15) is 62.3 Å². The Morgan fingerprint density at radius 1 is 1.27 bits per heavy atom.